The average Bonchev–Trinajstić information content (AvgIpc) is 2.49. The first-order valence-corrected chi connectivity index (χ1v) is 6.92. The molecule has 1 unspecified atom stereocenters. The van der Waals surface area contributed by atoms with Crippen LogP contribution in [-0.4, -0.2) is 5.91 Å². The van der Waals surface area contributed by atoms with Gasteiger partial charge in [-0.05, 0) is 29.7 Å². The molecular weight excluding hydrogens is 267 g/mol. The summed E-state index contributed by atoms with van der Waals surface area (Å²) in [5.74, 6) is -0.553. The summed E-state index contributed by atoms with van der Waals surface area (Å²) < 4.78 is 13.5. The van der Waals surface area contributed by atoms with Crippen molar-refractivity contribution in [2.75, 3.05) is 0 Å². The molecule has 2 aromatic rings. The second-order valence-corrected chi connectivity index (χ2v) is 5.00. The largest absolute Gasteiger partial charge is 0.349 e. The fourth-order valence-corrected chi connectivity index (χ4v) is 2.13. The van der Waals surface area contributed by atoms with E-state index < -0.39 is 0 Å². The summed E-state index contributed by atoms with van der Waals surface area (Å²) in [4.78, 5) is 12.0. The number of nitrogens with one attached hydrogen (secondary N) is 1. The molecule has 0 heterocycles. The summed E-state index contributed by atoms with van der Waals surface area (Å²) in [6.45, 7) is 2.39. The van der Waals surface area contributed by atoms with E-state index >= 15 is 0 Å². The van der Waals surface area contributed by atoms with Crippen LogP contribution >= 0.6 is 0 Å². The molecule has 4 heteroatoms. The molecule has 0 bridgehead atoms. The summed E-state index contributed by atoms with van der Waals surface area (Å²) in [5, 5.41) is 2.87. The lowest BCUT2D eigenvalue weighted by molar-refractivity contribution is -0.121. The smallest absolute Gasteiger partial charge is 0.225 e. The second kappa shape index (κ2) is 6.99. The normalized spacial score (nSPS) is 12.0. The van der Waals surface area contributed by atoms with Gasteiger partial charge in [-0.25, -0.2) is 4.39 Å². The number of nitrogens with two attached hydrogens (primary N) is 1. The van der Waals surface area contributed by atoms with E-state index in [0.717, 1.165) is 11.1 Å². The van der Waals surface area contributed by atoms with Gasteiger partial charge in [0.25, 0.3) is 0 Å². The Morgan fingerprint density at radius 3 is 2.48 bits per heavy atom. The Balaban J connectivity index is 1.97. The van der Waals surface area contributed by atoms with Gasteiger partial charge in [0.15, 0.2) is 0 Å². The van der Waals surface area contributed by atoms with Gasteiger partial charge in [-0.2, -0.15) is 0 Å². The molecule has 2 aromatic carbocycles. The van der Waals surface area contributed by atoms with Crippen molar-refractivity contribution < 1.29 is 9.18 Å². The maximum absolute atomic E-state index is 13.5. The van der Waals surface area contributed by atoms with Gasteiger partial charge in [-0.1, -0.05) is 42.5 Å². The number of carbonyl (C=O) groups excluding carboxylic acids is 1. The molecule has 0 saturated heterocycles. The molecule has 1 amide bonds. The van der Waals surface area contributed by atoms with E-state index in [2.05, 4.69) is 5.32 Å². The van der Waals surface area contributed by atoms with Crippen molar-refractivity contribution in [1.82, 2.24) is 5.32 Å². The van der Waals surface area contributed by atoms with Crippen molar-refractivity contribution in [3.8, 4) is 0 Å². The standard InChI is InChI=1S/C17H19FN2O/c1-12(14-8-6-13(11-19)7-9-14)20-17(21)10-15-4-2-3-5-16(15)18/h2-9,12H,10-11,19H2,1H3,(H,20,21). The lowest BCUT2D eigenvalue weighted by atomic mass is 10.1. The Bertz CT molecular complexity index is 610. The third-order valence-electron chi connectivity index (χ3n) is 3.40. The Morgan fingerprint density at radius 2 is 1.86 bits per heavy atom. The highest BCUT2D eigenvalue weighted by atomic mass is 19.1. The Labute approximate surface area is 124 Å². The number of halogens is 1. The Morgan fingerprint density at radius 1 is 1.19 bits per heavy atom. The fourth-order valence-electron chi connectivity index (χ4n) is 2.13. The molecule has 21 heavy (non-hydrogen) atoms. The molecule has 0 radical (unpaired) electrons. The van der Waals surface area contributed by atoms with E-state index in [1.807, 2.05) is 31.2 Å². The highest BCUT2D eigenvalue weighted by Crippen LogP contribution is 2.14. The molecule has 0 spiro atoms. The molecule has 0 aliphatic rings. The van der Waals surface area contributed by atoms with Gasteiger partial charge in [0.2, 0.25) is 5.91 Å². The highest BCUT2D eigenvalue weighted by Gasteiger charge is 2.12. The van der Waals surface area contributed by atoms with Crippen LogP contribution in [0.15, 0.2) is 48.5 Å². The van der Waals surface area contributed by atoms with Gasteiger partial charge < -0.3 is 11.1 Å². The van der Waals surface area contributed by atoms with E-state index in [0.29, 0.717) is 12.1 Å². The van der Waals surface area contributed by atoms with Crippen LogP contribution in [0.5, 0.6) is 0 Å². The molecule has 0 aliphatic heterocycles. The quantitative estimate of drug-likeness (QED) is 0.888. The van der Waals surface area contributed by atoms with Crippen LogP contribution < -0.4 is 11.1 Å². The van der Waals surface area contributed by atoms with Crippen molar-refractivity contribution >= 4 is 5.91 Å². The minimum absolute atomic E-state index is 0.0396. The number of rotatable bonds is 5. The number of amides is 1. The van der Waals surface area contributed by atoms with E-state index in [9.17, 15) is 9.18 Å². The van der Waals surface area contributed by atoms with Crippen LogP contribution in [-0.2, 0) is 17.8 Å². The van der Waals surface area contributed by atoms with Crippen molar-refractivity contribution in [1.29, 1.82) is 0 Å². The van der Waals surface area contributed by atoms with Crippen LogP contribution in [0.3, 0.4) is 0 Å². The second-order valence-electron chi connectivity index (χ2n) is 5.00. The molecule has 0 aliphatic carbocycles. The Kier molecular flexibility index (Phi) is 5.06. The van der Waals surface area contributed by atoms with Gasteiger partial charge in [-0.3, -0.25) is 4.79 Å². The van der Waals surface area contributed by atoms with E-state index in [4.69, 9.17) is 5.73 Å². The molecule has 2 rings (SSSR count). The van der Waals surface area contributed by atoms with Gasteiger partial charge >= 0.3 is 0 Å². The van der Waals surface area contributed by atoms with Crippen LogP contribution in [0.25, 0.3) is 0 Å². The summed E-state index contributed by atoms with van der Waals surface area (Å²) >= 11 is 0. The molecule has 0 saturated carbocycles. The van der Waals surface area contributed by atoms with E-state index in [-0.39, 0.29) is 24.2 Å². The third-order valence-corrected chi connectivity index (χ3v) is 3.40. The topological polar surface area (TPSA) is 55.1 Å². The number of carbonyl (C=O) groups is 1. The maximum Gasteiger partial charge on any atom is 0.225 e. The van der Waals surface area contributed by atoms with Crippen LogP contribution in [0, 0.1) is 5.82 Å². The van der Waals surface area contributed by atoms with Crippen LogP contribution in [0.4, 0.5) is 4.39 Å². The van der Waals surface area contributed by atoms with E-state index in [1.165, 1.54) is 6.07 Å². The first-order chi connectivity index (χ1) is 10.1. The van der Waals surface area contributed by atoms with Crippen LogP contribution in [0.2, 0.25) is 0 Å². The summed E-state index contributed by atoms with van der Waals surface area (Å²) in [5.41, 5.74) is 7.99. The molecule has 1 atom stereocenters. The zero-order chi connectivity index (χ0) is 15.2. The minimum Gasteiger partial charge on any atom is -0.349 e. The van der Waals surface area contributed by atoms with Gasteiger partial charge in [0, 0.05) is 6.54 Å². The first kappa shape index (κ1) is 15.2. The molecular formula is C17H19FN2O. The number of benzene rings is 2. The zero-order valence-corrected chi connectivity index (χ0v) is 12.0. The van der Waals surface area contributed by atoms with Crippen molar-refractivity contribution in [3.63, 3.8) is 0 Å². The predicted octanol–water partition coefficient (Wildman–Crippen LogP) is 2.70. The average molecular weight is 286 g/mol. The number of hydrogen-bond acceptors (Lipinski definition) is 2. The zero-order valence-electron chi connectivity index (χ0n) is 12.0. The van der Waals surface area contributed by atoms with Crippen molar-refractivity contribution in [2.45, 2.75) is 25.9 Å². The lowest BCUT2D eigenvalue weighted by Crippen LogP contribution is -2.28. The molecule has 0 aromatic heterocycles. The Hall–Kier alpha value is -2.20. The fraction of sp³-hybridized carbons (Fsp3) is 0.235. The molecule has 3 nitrogen and oxygen atoms in total. The van der Waals surface area contributed by atoms with E-state index in [1.54, 1.807) is 18.2 Å². The summed E-state index contributed by atoms with van der Waals surface area (Å²) in [7, 11) is 0. The molecule has 3 N–H and O–H groups in total. The third kappa shape index (κ3) is 4.13. The van der Waals surface area contributed by atoms with Gasteiger partial charge in [-0.15, -0.1) is 0 Å². The molecule has 110 valence electrons. The van der Waals surface area contributed by atoms with Gasteiger partial charge in [0.1, 0.15) is 5.82 Å². The highest BCUT2D eigenvalue weighted by molar-refractivity contribution is 5.79. The first-order valence-electron chi connectivity index (χ1n) is 6.92. The lowest BCUT2D eigenvalue weighted by Gasteiger charge is -2.15. The summed E-state index contributed by atoms with van der Waals surface area (Å²) in [6, 6.07) is 13.9. The maximum atomic E-state index is 13.5. The monoisotopic (exact) mass is 286 g/mol. The van der Waals surface area contributed by atoms with Gasteiger partial charge in [0.05, 0.1) is 12.5 Å². The predicted molar refractivity (Wildman–Crippen MR) is 81.0 cm³/mol. The van der Waals surface area contributed by atoms with Crippen molar-refractivity contribution in [3.05, 3.63) is 71.0 Å². The SMILES string of the molecule is CC(NC(=O)Cc1ccccc1F)c1ccc(CN)cc1. The summed E-state index contributed by atoms with van der Waals surface area (Å²) in [6.07, 6.45) is 0.0396. The minimum atomic E-state index is -0.354. The van der Waals surface area contributed by atoms with Crippen molar-refractivity contribution in [2.24, 2.45) is 5.73 Å². The van der Waals surface area contributed by atoms with Crippen LogP contribution in [0.1, 0.15) is 29.7 Å². The molecule has 0 fully saturated rings. The number of hydrogen-bond donors (Lipinski definition) is 2.